The predicted molar refractivity (Wildman–Crippen MR) is 113 cm³/mol. The van der Waals surface area contributed by atoms with Crippen molar-refractivity contribution in [2.75, 3.05) is 16.9 Å². The van der Waals surface area contributed by atoms with E-state index < -0.39 is 10.0 Å². The fourth-order valence-electron chi connectivity index (χ4n) is 2.29. The number of rotatable bonds is 6. The fourth-order valence-corrected chi connectivity index (χ4v) is 3.95. The molecule has 9 nitrogen and oxygen atoms in total. The normalized spacial score (nSPS) is 11.4. The Morgan fingerprint density at radius 1 is 1.14 bits per heavy atom. The lowest BCUT2D eigenvalue weighted by atomic mass is 10.2. The molecule has 29 heavy (non-hydrogen) atoms. The number of primary sulfonamides is 1. The van der Waals surface area contributed by atoms with Crippen LogP contribution in [-0.4, -0.2) is 35.0 Å². The summed E-state index contributed by atoms with van der Waals surface area (Å²) >= 11 is 13.1. The maximum absolute atomic E-state index is 12.1. The molecule has 0 radical (unpaired) electrons. The molecule has 152 valence electrons. The molecular formula is C16H14Cl2N6O3S2. The number of thioether (sulfide) groups is 1. The first-order valence-corrected chi connectivity index (χ1v) is 11.2. The summed E-state index contributed by atoms with van der Waals surface area (Å²) in [5.74, 6) is 6.00. The summed E-state index contributed by atoms with van der Waals surface area (Å²) in [4.78, 5) is 12.1. The minimum Gasteiger partial charge on any atom is -0.335 e. The van der Waals surface area contributed by atoms with E-state index in [-0.39, 0.29) is 16.6 Å². The highest BCUT2D eigenvalue weighted by atomic mass is 35.5. The smallest absolute Gasteiger partial charge is 0.238 e. The number of nitrogens with two attached hydrogens (primary N) is 2. The molecule has 0 aliphatic heterocycles. The third-order valence-corrected chi connectivity index (χ3v) is 6.06. The van der Waals surface area contributed by atoms with Gasteiger partial charge in [-0.1, -0.05) is 35.0 Å². The maximum Gasteiger partial charge on any atom is 0.238 e. The first kappa shape index (κ1) is 21.4. The van der Waals surface area contributed by atoms with Crippen molar-refractivity contribution in [1.82, 2.24) is 14.9 Å². The standard InChI is InChI=1S/C16H14Cl2N6O3S2/c17-9-1-6-12(13(18)7-9)15-22-23-16(24(15)19)28-8-14(25)21-10-2-4-11(5-3-10)29(20,26)27/h1-7H,8,19H2,(H,21,25)(H2,20,26,27). The molecule has 0 unspecified atom stereocenters. The highest BCUT2D eigenvalue weighted by Crippen LogP contribution is 2.30. The van der Waals surface area contributed by atoms with E-state index in [9.17, 15) is 13.2 Å². The van der Waals surface area contributed by atoms with Crippen molar-refractivity contribution in [3.8, 4) is 11.4 Å². The molecule has 0 saturated carbocycles. The van der Waals surface area contributed by atoms with Gasteiger partial charge in [0.2, 0.25) is 21.1 Å². The second-order valence-electron chi connectivity index (χ2n) is 5.71. The number of halogens is 2. The van der Waals surface area contributed by atoms with E-state index in [0.717, 1.165) is 11.8 Å². The lowest BCUT2D eigenvalue weighted by molar-refractivity contribution is -0.113. The van der Waals surface area contributed by atoms with Gasteiger partial charge in [-0.3, -0.25) is 4.79 Å². The Kier molecular flexibility index (Phi) is 6.34. The third-order valence-electron chi connectivity index (χ3n) is 3.64. The summed E-state index contributed by atoms with van der Waals surface area (Å²) in [7, 11) is -3.79. The van der Waals surface area contributed by atoms with Crippen LogP contribution in [0.2, 0.25) is 10.0 Å². The second kappa shape index (κ2) is 8.59. The van der Waals surface area contributed by atoms with Gasteiger partial charge in [0.15, 0.2) is 5.82 Å². The topological polar surface area (TPSA) is 146 Å². The van der Waals surface area contributed by atoms with Crippen molar-refractivity contribution in [3.05, 3.63) is 52.5 Å². The van der Waals surface area contributed by atoms with Crippen LogP contribution in [0, 0.1) is 0 Å². The zero-order chi connectivity index (χ0) is 21.2. The van der Waals surface area contributed by atoms with Crippen LogP contribution in [0.4, 0.5) is 5.69 Å². The van der Waals surface area contributed by atoms with Gasteiger partial charge in [0, 0.05) is 16.3 Å². The molecule has 0 aliphatic carbocycles. The molecule has 3 aromatic rings. The number of anilines is 1. The van der Waals surface area contributed by atoms with E-state index in [1.807, 2.05) is 0 Å². The van der Waals surface area contributed by atoms with E-state index in [4.69, 9.17) is 34.2 Å². The van der Waals surface area contributed by atoms with Crippen molar-refractivity contribution < 1.29 is 13.2 Å². The number of carbonyl (C=O) groups is 1. The van der Waals surface area contributed by atoms with Gasteiger partial charge >= 0.3 is 0 Å². The van der Waals surface area contributed by atoms with Crippen LogP contribution < -0.4 is 16.3 Å². The minimum atomic E-state index is -3.79. The van der Waals surface area contributed by atoms with Gasteiger partial charge in [0.25, 0.3) is 0 Å². The number of hydrogen-bond donors (Lipinski definition) is 3. The molecule has 0 saturated heterocycles. The van der Waals surface area contributed by atoms with Gasteiger partial charge in [-0.05, 0) is 42.5 Å². The molecule has 0 fully saturated rings. The minimum absolute atomic E-state index is 0.000617. The molecule has 3 rings (SSSR count). The number of nitrogens with zero attached hydrogens (tertiary/aromatic N) is 3. The van der Waals surface area contributed by atoms with Crippen LogP contribution >= 0.6 is 35.0 Å². The van der Waals surface area contributed by atoms with E-state index in [1.54, 1.807) is 18.2 Å². The van der Waals surface area contributed by atoms with Crippen LogP contribution in [-0.2, 0) is 14.8 Å². The van der Waals surface area contributed by atoms with E-state index in [2.05, 4.69) is 15.5 Å². The molecule has 13 heteroatoms. The van der Waals surface area contributed by atoms with Crippen LogP contribution in [0.5, 0.6) is 0 Å². The van der Waals surface area contributed by atoms with E-state index >= 15 is 0 Å². The molecule has 1 heterocycles. The predicted octanol–water partition coefficient (Wildman–Crippen LogP) is 2.34. The van der Waals surface area contributed by atoms with Gasteiger partial charge in [-0.15, -0.1) is 10.2 Å². The summed E-state index contributed by atoms with van der Waals surface area (Å²) in [6.07, 6.45) is 0. The summed E-state index contributed by atoms with van der Waals surface area (Å²) in [5, 5.41) is 16.8. The molecule has 0 aliphatic rings. The SMILES string of the molecule is Nn1c(SCC(=O)Nc2ccc(S(N)(=O)=O)cc2)nnc1-c1ccc(Cl)cc1Cl. The average Bonchev–Trinajstić information content (AvgIpc) is 3.00. The summed E-state index contributed by atoms with van der Waals surface area (Å²) in [5.41, 5.74) is 0.975. The van der Waals surface area contributed by atoms with Gasteiger partial charge in [-0.2, -0.15) is 0 Å². The highest BCUT2D eigenvalue weighted by Gasteiger charge is 2.16. The molecule has 0 atom stereocenters. The number of amides is 1. The van der Waals surface area contributed by atoms with Gasteiger partial charge in [0.1, 0.15) is 0 Å². The lowest BCUT2D eigenvalue weighted by Crippen LogP contribution is -2.17. The number of nitrogen functional groups attached to an aromatic ring is 1. The molecular weight excluding hydrogens is 459 g/mol. The van der Waals surface area contributed by atoms with E-state index in [0.29, 0.717) is 32.3 Å². The number of carbonyl (C=O) groups excluding carboxylic acids is 1. The third kappa shape index (κ3) is 5.19. The number of sulfonamides is 1. The number of benzene rings is 2. The molecule has 5 N–H and O–H groups in total. The molecule has 0 spiro atoms. The zero-order valence-electron chi connectivity index (χ0n) is 14.5. The Labute approximate surface area is 180 Å². The zero-order valence-corrected chi connectivity index (χ0v) is 17.7. The number of nitrogens with one attached hydrogen (secondary N) is 1. The molecule has 1 aromatic heterocycles. The van der Waals surface area contributed by atoms with Crippen molar-refractivity contribution in [1.29, 1.82) is 0 Å². The molecule has 2 aromatic carbocycles. The maximum atomic E-state index is 12.1. The second-order valence-corrected chi connectivity index (χ2v) is 9.05. The Morgan fingerprint density at radius 2 is 1.83 bits per heavy atom. The summed E-state index contributed by atoms with van der Waals surface area (Å²) in [6.45, 7) is 0. The molecule has 0 bridgehead atoms. The largest absolute Gasteiger partial charge is 0.335 e. The quantitative estimate of drug-likeness (QED) is 0.368. The van der Waals surface area contributed by atoms with Crippen LogP contribution in [0.25, 0.3) is 11.4 Å². The van der Waals surface area contributed by atoms with Crippen LogP contribution in [0.1, 0.15) is 0 Å². The van der Waals surface area contributed by atoms with Crippen LogP contribution in [0.3, 0.4) is 0 Å². The van der Waals surface area contributed by atoms with Crippen molar-refractivity contribution in [2.45, 2.75) is 10.1 Å². The average molecular weight is 473 g/mol. The Hall–Kier alpha value is -2.31. The Bertz CT molecular complexity index is 1170. The van der Waals surface area contributed by atoms with Gasteiger partial charge in [0.05, 0.1) is 15.7 Å². The summed E-state index contributed by atoms with van der Waals surface area (Å²) < 4.78 is 23.7. The van der Waals surface area contributed by atoms with Gasteiger partial charge < -0.3 is 11.2 Å². The Morgan fingerprint density at radius 3 is 2.45 bits per heavy atom. The summed E-state index contributed by atoms with van der Waals surface area (Å²) in [6, 6.07) is 10.4. The highest BCUT2D eigenvalue weighted by molar-refractivity contribution is 7.99. The van der Waals surface area contributed by atoms with Gasteiger partial charge in [-0.25, -0.2) is 18.2 Å². The van der Waals surface area contributed by atoms with E-state index in [1.165, 1.54) is 28.9 Å². The Balaban J connectivity index is 1.64. The molecule has 1 amide bonds. The number of hydrogen-bond acceptors (Lipinski definition) is 7. The van der Waals surface area contributed by atoms with Crippen molar-refractivity contribution >= 4 is 56.6 Å². The first-order valence-electron chi connectivity index (χ1n) is 7.86. The van der Waals surface area contributed by atoms with Crippen molar-refractivity contribution in [3.63, 3.8) is 0 Å². The van der Waals surface area contributed by atoms with Crippen molar-refractivity contribution in [2.24, 2.45) is 5.14 Å². The number of aromatic nitrogens is 3. The lowest BCUT2D eigenvalue weighted by Gasteiger charge is -2.07. The monoisotopic (exact) mass is 472 g/mol. The fraction of sp³-hybridized carbons (Fsp3) is 0.0625. The van der Waals surface area contributed by atoms with Crippen LogP contribution in [0.15, 0.2) is 52.5 Å². The first-order chi connectivity index (χ1) is 13.6.